The standard InChI is InChI=1S/C30H30N6O2S/c1-30(2,3)25-15-27(36(33-25)17-20-9-5-4-6-10-20)32-28(37)22-19-39-24-18-34(14-12-21(22)24)29(38)23-16-31-26-11-7-8-13-35(23)26/h4-11,13,15-16,19H,12,14,17-18H2,1-3H3,(H,32,37). The highest BCUT2D eigenvalue weighted by Gasteiger charge is 2.29. The van der Waals surface area contributed by atoms with E-state index >= 15 is 0 Å². The van der Waals surface area contributed by atoms with Gasteiger partial charge in [-0.2, -0.15) is 5.10 Å². The average molecular weight is 539 g/mol. The number of hydrogen-bond acceptors (Lipinski definition) is 5. The summed E-state index contributed by atoms with van der Waals surface area (Å²) in [4.78, 5) is 34.1. The van der Waals surface area contributed by atoms with Crippen LogP contribution in [0.3, 0.4) is 0 Å². The maximum Gasteiger partial charge on any atom is 0.272 e. The Morgan fingerprint density at radius 1 is 1.08 bits per heavy atom. The predicted molar refractivity (Wildman–Crippen MR) is 152 cm³/mol. The van der Waals surface area contributed by atoms with Crippen molar-refractivity contribution >= 4 is 34.6 Å². The van der Waals surface area contributed by atoms with Gasteiger partial charge in [0, 0.05) is 34.5 Å². The normalized spacial score (nSPS) is 13.5. The van der Waals surface area contributed by atoms with Crippen LogP contribution in [-0.4, -0.2) is 42.4 Å². The van der Waals surface area contributed by atoms with E-state index in [1.54, 1.807) is 6.20 Å². The number of benzene rings is 1. The molecule has 0 unspecified atom stereocenters. The largest absolute Gasteiger partial charge is 0.332 e. The lowest BCUT2D eigenvalue weighted by Gasteiger charge is -2.27. The molecule has 9 heteroatoms. The summed E-state index contributed by atoms with van der Waals surface area (Å²) in [6.45, 7) is 7.93. The van der Waals surface area contributed by atoms with Crippen molar-refractivity contribution in [2.45, 2.75) is 45.7 Å². The van der Waals surface area contributed by atoms with E-state index in [0.717, 1.165) is 27.3 Å². The van der Waals surface area contributed by atoms with Gasteiger partial charge in [-0.1, -0.05) is 57.2 Å². The fourth-order valence-electron chi connectivity index (χ4n) is 4.89. The quantitative estimate of drug-likeness (QED) is 0.325. The smallest absolute Gasteiger partial charge is 0.272 e. The molecule has 5 heterocycles. The summed E-state index contributed by atoms with van der Waals surface area (Å²) in [5.74, 6) is 0.468. The molecule has 0 fully saturated rings. The van der Waals surface area contributed by atoms with Crippen molar-refractivity contribution < 1.29 is 9.59 Å². The molecule has 0 spiro atoms. The molecule has 6 rings (SSSR count). The first kappa shape index (κ1) is 25.1. The lowest BCUT2D eigenvalue weighted by atomic mass is 9.92. The summed E-state index contributed by atoms with van der Waals surface area (Å²) in [6, 6.07) is 17.7. The number of pyridine rings is 1. The summed E-state index contributed by atoms with van der Waals surface area (Å²) in [7, 11) is 0. The molecule has 0 saturated carbocycles. The van der Waals surface area contributed by atoms with Gasteiger partial charge in [0.25, 0.3) is 11.8 Å². The maximum atomic E-state index is 13.5. The number of aromatic nitrogens is 4. The molecule has 1 aliphatic rings. The van der Waals surface area contributed by atoms with Crippen LogP contribution < -0.4 is 5.32 Å². The fourth-order valence-corrected chi connectivity index (χ4v) is 5.98. The first-order valence-electron chi connectivity index (χ1n) is 13.0. The summed E-state index contributed by atoms with van der Waals surface area (Å²) in [5, 5.41) is 9.86. The van der Waals surface area contributed by atoms with Gasteiger partial charge in [0.1, 0.15) is 17.2 Å². The number of hydrogen-bond donors (Lipinski definition) is 1. The van der Waals surface area contributed by atoms with Crippen LogP contribution in [0.5, 0.6) is 0 Å². The van der Waals surface area contributed by atoms with E-state index in [9.17, 15) is 9.59 Å². The Labute approximate surface area is 230 Å². The third-order valence-electron chi connectivity index (χ3n) is 7.08. The van der Waals surface area contributed by atoms with Gasteiger partial charge in [0.15, 0.2) is 0 Å². The molecule has 0 saturated heterocycles. The Hall–Kier alpha value is -4.24. The van der Waals surface area contributed by atoms with Gasteiger partial charge in [-0.3, -0.25) is 14.0 Å². The number of rotatable bonds is 5. The van der Waals surface area contributed by atoms with Crippen LogP contribution in [0.15, 0.2) is 72.4 Å². The molecule has 0 aliphatic carbocycles. The van der Waals surface area contributed by atoms with Crippen molar-refractivity contribution in [2.24, 2.45) is 0 Å². The first-order valence-corrected chi connectivity index (χ1v) is 13.9. The number of anilines is 1. The second-order valence-corrected chi connectivity index (χ2v) is 11.8. The number of nitrogens with zero attached hydrogens (tertiary/aromatic N) is 5. The second kappa shape index (κ2) is 9.81. The van der Waals surface area contributed by atoms with Crippen LogP contribution in [0.1, 0.15) is 63.3 Å². The van der Waals surface area contributed by atoms with Crippen molar-refractivity contribution in [1.82, 2.24) is 24.1 Å². The molecular weight excluding hydrogens is 508 g/mol. The zero-order chi connectivity index (χ0) is 27.1. The zero-order valence-corrected chi connectivity index (χ0v) is 23.0. The van der Waals surface area contributed by atoms with E-state index in [1.165, 1.54) is 11.3 Å². The highest BCUT2D eigenvalue weighted by Crippen LogP contribution is 2.31. The van der Waals surface area contributed by atoms with Gasteiger partial charge in [0.05, 0.1) is 30.5 Å². The highest BCUT2D eigenvalue weighted by molar-refractivity contribution is 7.10. The van der Waals surface area contributed by atoms with E-state index in [2.05, 4.69) is 43.2 Å². The van der Waals surface area contributed by atoms with Gasteiger partial charge in [-0.05, 0) is 29.7 Å². The Morgan fingerprint density at radius 2 is 1.87 bits per heavy atom. The van der Waals surface area contributed by atoms with Crippen LogP contribution in [0.2, 0.25) is 0 Å². The van der Waals surface area contributed by atoms with E-state index < -0.39 is 0 Å². The van der Waals surface area contributed by atoms with E-state index in [0.29, 0.717) is 43.1 Å². The Bertz CT molecular complexity index is 1670. The van der Waals surface area contributed by atoms with Crippen molar-refractivity contribution in [3.05, 3.63) is 105 Å². The van der Waals surface area contributed by atoms with Crippen molar-refractivity contribution in [2.75, 3.05) is 11.9 Å². The molecule has 0 radical (unpaired) electrons. The first-order chi connectivity index (χ1) is 18.8. The molecule has 2 amide bonds. The molecule has 0 atom stereocenters. The van der Waals surface area contributed by atoms with Gasteiger partial charge in [-0.15, -0.1) is 11.3 Å². The average Bonchev–Trinajstić information content (AvgIpc) is 3.65. The van der Waals surface area contributed by atoms with Crippen LogP contribution in [0.4, 0.5) is 5.82 Å². The summed E-state index contributed by atoms with van der Waals surface area (Å²) >= 11 is 1.53. The Kier molecular flexibility index (Phi) is 6.31. The molecule has 0 bridgehead atoms. The van der Waals surface area contributed by atoms with Gasteiger partial charge >= 0.3 is 0 Å². The topological polar surface area (TPSA) is 84.5 Å². The van der Waals surface area contributed by atoms with Gasteiger partial charge in [0.2, 0.25) is 0 Å². The molecule has 198 valence electrons. The SMILES string of the molecule is CC(C)(C)c1cc(NC(=O)c2csc3c2CCN(C(=O)c2cnc4ccccn24)C3)n(Cc2ccccc2)n1. The van der Waals surface area contributed by atoms with Gasteiger partial charge in [-0.25, -0.2) is 9.67 Å². The second-order valence-electron chi connectivity index (χ2n) is 10.9. The third-order valence-corrected chi connectivity index (χ3v) is 8.09. The van der Waals surface area contributed by atoms with Crippen molar-refractivity contribution in [3.8, 4) is 0 Å². The van der Waals surface area contributed by atoms with Crippen LogP contribution >= 0.6 is 11.3 Å². The lowest BCUT2D eigenvalue weighted by molar-refractivity contribution is 0.0730. The zero-order valence-electron chi connectivity index (χ0n) is 22.2. The molecule has 39 heavy (non-hydrogen) atoms. The van der Waals surface area contributed by atoms with E-state index in [4.69, 9.17) is 5.10 Å². The fraction of sp³-hybridized carbons (Fsp3) is 0.267. The Morgan fingerprint density at radius 3 is 2.67 bits per heavy atom. The van der Waals surface area contributed by atoms with E-state index in [1.807, 2.05) is 68.0 Å². The number of thiophene rings is 1. The number of carbonyl (C=O) groups is 2. The predicted octanol–water partition coefficient (Wildman–Crippen LogP) is 5.39. The number of amides is 2. The molecule has 8 nitrogen and oxygen atoms in total. The molecule has 1 aromatic carbocycles. The molecule has 4 aromatic heterocycles. The van der Waals surface area contributed by atoms with E-state index in [-0.39, 0.29) is 17.2 Å². The number of fused-ring (bicyclic) bond motifs is 2. The molecule has 1 aliphatic heterocycles. The number of carbonyl (C=O) groups excluding carboxylic acids is 2. The maximum absolute atomic E-state index is 13.5. The van der Waals surface area contributed by atoms with Gasteiger partial charge < -0.3 is 10.2 Å². The van der Waals surface area contributed by atoms with Crippen LogP contribution in [0, 0.1) is 0 Å². The van der Waals surface area contributed by atoms with Crippen molar-refractivity contribution in [1.29, 1.82) is 0 Å². The molecule has 5 aromatic rings. The highest BCUT2D eigenvalue weighted by atomic mass is 32.1. The Balaban J connectivity index is 1.22. The third kappa shape index (κ3) is 4.85. The number of nitrogens with one attached hydrogen (secondary N) is 1. The number of imidazole rings is 1. The minimum Gasteiger partial charge on any atom is -0.332 e. The van der Waals surface area contributed by atoms with Crippen LogP contribution in [0.25, 0.3) is 5.65 Å². The molecule has 1 N–H and O–H groups in total. The van der Waals surface area contributed by atoms with Crippen molar-refractivity contribution in [3.63, 3.8) is 0 Å². The minimum atomic E-state index is -0.153. The summed E-state index contributed by atoms with van der Waals surface area (Å²) < 4.78 is 3.68. The summed E-state index contributed by atoms with van der Waals surface area (Å²) in [6.07, 6.45) is 4.11. The molecular formula is C30H30N6O2S. The summed E-state index contributed by atoms with van der Waals surface area (Å²) in [5.41, 5.74) is 4.86. The minimum absolute atomic E-state index is 0.0572. The monoisotopic (exact) mass is 538 g/mol. The van der Waals surface area contributed by atoms with Crippen LogP contribution in [-0.2, 0) is 24.9 Å². The lowest BCUT2D eigenvalue weighted by Crippen LogP contribution is -2.36.